The third-order valence-corrected chi connectivity index (χ3v) is 4.99. The first-order valence-electron chi connectivity index (χ1n) is 7.26. The molecule has 92 valence electrons. The molecule has 2 rings (SSSR count). The van der Waals surface area contributed by atoms with Crippen molar-refractivity contribution in [3.05, 3.63) is 0 Å². The third-order valence-electron chi connectivity index (χ3n) is 4.99. The Hall–Kier alpha value is -0.330. The van der Waals surface area contributed by atoms with Crippen molar-refractivity contribution in [2.24, 2.45) is 23.7 Å². The second-order valence-corrected chi connectivity index (χ2v) is 6.05. The first kappa shape index (κ1) is 12.1. The Morgan fingerprint density at radius 1 is 1.12 bits per heavy atom. The average molecular weight is 222 g/mol. The fourth-order valence-electron chi connectivity index (χ4n) is 3.79. The molecule has 0 aromatic rings. The van der Waals surface area contributed by atoms with Crippen LogP contribution in [0.4, 0.5) is 0 Å². The monoisotopic (exact) mass is 222 g/mol. The number of hydrogen-bond acceptors (Lipinski definition) is 1. The molecule has 2 saturated carbocycles. The zero-order valence-electron chi connectivity index (χ0n) is 10.9. The minimum absolute atomic E-state index is 0.417. The Morgan fingerprint density at radius 3 is 2.50 bits per heavy atom. The lowest BCUT2D eigenvalue weighted by molar-refractivity contribution is -0.129. The highest BCUT2D eigenvalue weighted by atomic mass is 16.1. The van der Waals surface area contributed by atoms with E-state index in [4.69, 9.17) is 0 Å². The normalized spacial score (nSPS) is 39.9. The Labute approximate surface area is 100.0 Å². The van der Waals surface area contributed by atoms with Crippen molar-refractivity contribution in [3.8, 4) is 0 Å². The van der Waals surface area contributed by atoms with E-state index in [9.17, 15) is 4.79 Å². The molecule has 2 aliphatic rings. The summed E-state index contributed by atoms with van der Waals surface area (Å²) in [6.45, 7) is 4.55. The molecule has 0 heterocycles. The van der Waals surface area contributed by atoms with Crippen molar-refractivity contribution < 1.29 is 4.79 Å². The summed E-state index contributed by atoms with van der Waals surface area (Å²) in [4.78, 5) is 12.5. The van der Waals surface area contributed by atoms with Crippen LogP contribution in [0.5, 0.6) is 0 Å². The smallest absolute Gasteiger partial charge is 0.139 e. The predicted molar refractivity (Wildman–Crippen MR) is 67.3 cm³/mol. The zero-order chi connectivity index (χ0) is 11.5. The summed E-state index contributed by atoms with van der Waals surface area (Å²) >= 11 is 0. The van der Waals surface area contributed by atoms with Crippen molar-refractivity contribution in [3.63, 3.8) is 0 Å². The average Bonchev–Trinajstić information content (AvgIpc) is 2.74. The lowest BCUT2D eigenvalue weighted by Crippen LogP contribution is -2.29. The van der Waals surface area contributed by atoms with Crippen molar-refractivity contribution in [1.82, 2.24) is 0 Å². The molecule has 0 N–H and O–H groups in total. The predicted octanol–water partition coefficient (Wildman–Crippen LogP) is 4.21. The van der Waals surface area contributed by atoms with Gasteiger partial charge < -0.3 is 0 Å². The second kappa shape index (κ2) is 5.33. The van der Waals surface area contributed by atoms with E-state index >= 15 is 0 Å². The van der Waals surface area contributed by atoms with E-state index in [0.717, 1.165) is 5.92 Å². The summed E-state index contributed by atoms with van der Waals surface area (Å²) in [6.07, 6.45) is 10.0. The molecule has 0 saturated heterocycles. The molecule has 2 fully saturated rings. The maximum atomic E-state index is 12.5. The number of ketones is 1. The van der Waals surface area contributed by atoms with E-state index in [1.807, 2.05) is 0 Å². The van der Waals surface area contributed by atoms with Crippen LogP contribution in [0.1, 0.15) is 65.2 Å². The molecule has 0 spiro atoms. The summed E-state index contributed by atoms with van der Waals surface area (Å²) in [5.41, 5.74) is 0. The molecule has 4 atom stereocenters. The van der Waals surface area contributed by atoms with Crippen LogP contribution < -0.4 is 0 Å². The van der Waals surface area contributed by atoms with E-state index in [1.165, 1.54) is 51.4 Å². The van der Waals surface area contributed by atoms with Crippen molar-refractivity contribution in [2.75, 3.05) is 0 Å². The molecule has 0 aromatic carbocycles. The number of carbonyl (C=O) groups is 1. The minimum Gasteiger partial charge on any atom is -0.299 e. The highest BCUT2D eigenvalue weighted by Crippen LogP contribution is 2.38. The number of rotatable bonds is 3. The molecular formula is C15H26O. The third kappa shape index (κ3) is 2.49. The lowest BCUT2D eigenvalue weighted by Gasteiger charge is -2.30. The van der Waals surface area contributed by atoms with Crippen LogP contribution >= 0.6 is 0 Å². The van der Waals surface area contributed by atoms with Crippen LogP contribution in [0.2, 0.25) is 0 Å². The molecule has 0 bridgehead atoms. The van der Waals surface area contributed by atoms with Gasteiger partial charge in [-0.05, 0) is 37.5 Å². The fourth-order valence-corrected chi connectivity index (χ4v) is 3.79. The summed E-state index contributed by atoms with van der Waals surface area (Å²) in [6, 6.07) is 0. The van der Waals surface area contributed by atoms with Crippen molar-refractivity contribution in [1.29, 1.82) is 0 Å². The molecular weight excluding hydrogens is 196 g/mol. The quantitative estimate of drug-likeness (QED) is 0.699. The van der Waals surface area contributed by atoms with Gasteiger partial charge >= 0.3 is 0 Å². The summed E-state index contributed by atoms with van der Waals surface area (Å²) < 4.78 is 0. The Bertz CT molecular complexity index is 246. The molecule has 0 radical (unpaired) electrons. The second-order valence-electron chi connectivity index (χ2n) is 6.05. The van der Waals surface area contributed by atoms with E-state index in [2.05, 4.69) is 13.8 Å². The van der Waals surface area contributed by atoms with Crippen LogP contribution in [0, 0.1) is 23.7 Å². The van der Waals surface area contributed by atoms with Crippen LogP contribution in [0.25, 0.3) is 0 Å². The van der Waals surface area contributed by atoms with Crippen LogP contribution in [0.3, 0.4) is 0 Å². The van der Waals surface area contributed by atoms with E-state index in [-0.39, 0.29) is 0 Å². The number of carbonyl (C=O) groups excluding carboxylic acids is 1. The zero-order valence-corrected chi connectivity index (χ0v) is 10.9. The summed E-state index contributed by atoms with van der Waals surface area (Å²) in [5.74, 6) is 2.96. The maximum Gasteiger partial charge on any atom is 0.139 e. The van der Waals surface area contributed by atoms with Crippen LogP contribution in [-0.4, -0.2) is 5.78 Å². The molecule has 0 aliphatic heterocycles. The largest absolute Gasteiger partial charge is 0.299 e. The van der Waals surface area contributed by atoms with E-state index in [0.29, 0.717) is 23.5 Å². The van der Waals surface area contributed by atoms with Gasteiger partial charge in [-0.2, -0.15) is 0 Å². The lowest BCUT2D eigenvalue weighted by atomic mass is 9.74. The van der Waals surface area contributed by atoms with Crippen molar-refractivity contribution >= 4 is 5.78 Å². The van der Waals surface area contributed by atoms with Gasteiger partial charge in [0.25, 0.3) is 0 Å². The highest BCUT2D eigenvalue weighted by molar-refractivity contribution is 5.84. The first-order chi connectivity index (χ1) is 7.72. The Balaban J connectivity index is 1.93. The van der Waals surface area contributed by atoms with Gasteiger partial charge in [0.15, 0.2) is 0 Å². The van der Waals surface area contributed by atoms with Crippen LogP contribution in [-0.2, 0) is 4.79 Å². The molecule has 16 heavy (non-hydrogen) atoms. The SMILES string of the molecule is CCC1CCCC(C(=O)C2CCCC2C)C1. The van der Waals surface area contributed by atoms with Gasteiger partial charge in [0, 0.05) is 11.8 Å². The van der Waals surface area contributed by atoms with Gasteiger partial charge in [-0.3, -0.25) is 4.79 Å². The fraction of sp³-hybridized carbons (Fsp3) is 0.933. The molecule has 1 heteroatoms. The van der Waals surface area contributed by atoms with E-state index in [1.54, 1.807) is 0 Å². The minimum atomic E-state index is 0.417. The first-order valence-corrected chi connectivity index (χ1v) is 7.26. The highest BCUT2D eigenvalue weighted by Gasteiger charge is 2.35. The number of Topliss-reactive ketones (excluding diaryl/α,β-unsaturated/α-hetero) is 1. The maximum absolute atomic E-state index is 12.5. The van der Waals surface area contributed by atoms with E-state index < -0.39 is 0 Å². The molecule has 4 unspecified atom stereocenters. The summed E-state index contributed by atoms with van der Waals surface area (Å²) in [5, 5.41) is 0. The Kier molecular flexibility index (Phi) is 4.05. The molecule has 0 aromatic heterocycles. The van der Waals surface area contributed by atoms with Crippen molar-refractivity contribution in [2.45, 2.75) is 65.2 Å². The summed E-state index contributed by atoms with van der Waals surface area (Å²) in [7, 11) is 0. The molecule has 0 amide bonds. The standard InChI is InChI=1S/C15H26O/c1-3-12-7-5-8-13(10-12)15(16)14-9-4-6-11(14)2/h11-14H,3-10H2,1-2H3. The van der Waals surface area contributed by atoms with Gasteiger partial charge in [0.05, 0.1) is 0 Å². The molecule has 1 nitrogen and oxygen atoms in total. The van der Waals surface area contributed by atoms with Gasteiger partial charge in [0.1, 0.15) is 5.78 Å². The number of hydrogen-bond donors (Lipinski definition) is 0. The van der Waals surface area contributed by atoms with Crippen LogP contribution in [0.15, 0.2) is 0 Å². The topological polar surface area (TPSA) is 17.1 Å². The van der Waals surface area contributed by atoms with Gasteiger partial charge in [0.2, 0.25) is 0 Å². The van der Waals surface area contributed by atoms with Gasteiger partial charge in [-0.1, -0.05) is 39.5 Å². The Morgan fingerprint density at radius 2 is 1.88 bits per heavy atom. The molecule has 2 aliphatic carbocycles. The van der Waals surface area contributed by atoms with Gasteiger partial charge in [-0.15, -0.1) is 0 Å². The van der Waals surface area contributed by atoms with Gasteiger partial charge in [-0.25, -0.2) is 0 Å².